The van der Waals surface area contributed by atoms with E-state index in [9.17, 15) is 4.79 Å². The van der Waals surface area contributed by atoms with Crippen molar-refractivity contribution in [2.24, 2.45) is 4.99 Å². The number of allylic oxidation sites excluding steroid dienone is 4. The molecule has 0 aliphatic heterocycles. The molecule has 5 nitrogen and oxygen atoms in total. The summed E-state index contributed by atoms with van der Waals surface area (Å²) in [7, 11) is 0. The number of aliphatic imine (C=N–C) groups is 1. The summed E-state index contributed by atoms with van der Waals surface area (Å²) in [5.41, 5.74) is 12.3. The van der Waals surface area contributed by atoms with Crippen LogP contribution in [0.25, 0.3) is 0 Å². The number of ketones is 1. The second kappa shape index (κ2) is 3.98. The Morgan fingerprint density at radius 3 is 2.38 bits per heavy atom. The van der Waals surface area contributed by atoms with Gasteiger partial charge in [0.05, 0.1) is 5.71 Å². The fourth-order valence-electron chi connectivity index (χ4n) is 1.24. The zero-order valence-electron chi connectivity index (χ0n) is 8.42. The van der Waals surface area contributed by atoms with Crippen LogP contribution < -0.4 is 11.5 Å². The molecule has 1 aromatic rings. The Morgan fingerprint density at radius 1 is 1.06 bits per heavy atom. The fraction of sp³-hybridized carbons (Fsp3) is 0. The minimum Gasteiger partial charge on any atom is -0.384 e. The molecule has 0 saturated carbocycles. The molecule has 0 unspecified atom stereocenters. The fourth-order valence-corrected chi connectivity index (χ4v) is 1.24. The number of aromatic nitrogens is 1. The molecular formula is C11H10N4O. The molecule has 0 aromatic carbocycles. The molecule has 0 spiro atoms. The lowest BCUT2D eigenvalue weighted by molar-refractivity contribution is -0.110. The van der Waals surface area contributed by atoms with Crippen molar-refractivity contribution >= 4 is 28.8 Å². The van der Waals surface area contributed by atoms with Crippen LogP contribution in [0.5, 0.6) is 0 Å². The van der Waals surface area contributed by atoms with Crippen LogP contribution in [0.15, 0.2) is 41.4 Å². The van der Waals surface area contributed by atoms with E-state index in [1.807, 2.05) is 0 Å². The minimum absolute atomic E-state index is 0.0534. The molecule has 1 heterocycles. The Balaban J connectivity index is 2.33. The van der Waals surface area contributed by atoms with Crippen molar-refractivity contribution in [3.05, 3.63) is 36.4 Å². The normalized spacial score (nSPS) is 14.2. The van der Waals surface area contributed by atoms with Crippen LogP contribution in [-0.2, 0) is 4.79 Å². The zero-order valence-corrected chi connectivity index (χ0v) is 8.42. The highest BCUT2D eigenvalue weighted by Gasteiger charge is 2.03. The molecule has 5 heteroatoms. The van der Waals surface area contributed by atoms with Crippen molar-refractivity contribution in [2.45, 2.75) is 0 Å². The Hall–Kier alpha value is -2.43. The molecule has 1 aliphatic rings. The van der Waals surface area contributed by atoms with E-state index >= 15 is 0 Å². The first-order valence-corrected chi connectivity index (χ1v) is 4.66. The maximum atomic E-state index is 10.9. The van der Waals surface area contributed by atoms with Gasteiger partial charge in [-0.15, -0.1) is 0 Å². The third kappa shape index (κ3) is 2.14. The molecule has 2 rings (SSSR count). The highest BCUT2D eigenvalue weighted by molar-refractivity contribution is 6.17. The zero-order chi connectivity index (χ0) is 11.5. The summed E-state index contributed by atoms with van der Waals surface area (Å²) in [6.45, 7) is 0. The van der Waals surface area contributed by atoms with Gasteiger partial charge in [0.1, 0.15) is 11.5 Å². The van der Waals surface area contributed by atoms with Crippen LogP contribution in [-0.4, -0.2) is 16.5 Å². The van der Waals surface area contributed by atoms with E-state index in [0.717, 1.165) is 0 Å². The Morgan fingerprint density at radius 2 is 1.75 bits per heavy atom. The molecule has 0 bridgehead atoms. The first-order valence-electron chi connectivity index (χ1n) is 4.66. The quantitative estimate of drug-likeness (QED) is 0.682. The van der Waals surface area contributed by atoms with E-state index < -0.39 is 0 Å². The molecule has 1 aromatic heterocycles. The average Bonchev–Trinajstić information content (AvgIpc) is 2.25. The van der Waals surface area contributed by atoms with Crippen molar-refractivity contribution in [3.8, 4) is 0 Å². The third-order valence-corrected chi connectivity index (χ3v) is 2.01. The van der Waals surface area contributed by atoms with Gasteiger partial charge in [-0.25, -0.2) is 9.98 Å². The monoisotopic (exact) mass is 214 g/mol. The summed E-state index contributed by atoms with van der Waals surface area (Å²) in [6.07, 6.45) is 6.13. The van der Waals surface area contributed by atoms with Crippen molar-refractivity contribution < 1.29 is 4.79 Å². The summed E-state index contributed by atoms with van der Waals surface area (Å²) in [5.74, 6) is 0.569. The number of hydrogen-bond acceptors (Lipinski definition) is 5. The van der Waals surface area contributed by atoms with Crippen LogP contribution in [0.3, 0.4) is 0 Å². The number of carbonyl (C=O) groups excluding carboxylic acids is 1. The smallest absolute Gasteiger partial charge is 0.178 e. The molecule has 80 valence electrons. The van der Waals surface area contributed by atoms with Crippen molar-refractivity contribution in [2.75, 3.05) is 11.5 Å². The third-order valence-electron chi connectivity index (χ3n) is 2.01. The Labute approximate surface area is 92.2 Å². The number of hydrogen-bond donors (Lipinski definition) is 2. The van der Waals surface area contributed by atoms with Gasteiger partial charge in [-0.05, 0) is 36.4 Å². The van der Waals surface area contributed by atoms with Gasteiger partial charge in [0.15, 0.2) is 11.6 Å². The number of nitrogen functional groups attached to an aromatic ring is 2. The van der Waals surface area contributed by atoms with Gasteiger partial charge in [-0.1, -0.05) is 0 Å². The molecule has 16 heavy (non-hydrogen) atoms. The molecule has 0 fully saturated rings. The average molecular weight is 214 g/mol. The number of anilines is 2. The molecule has 1 aliphatic carbocycles. The lowest BCUT2D eigenvalue weighted by atomic mass is 10.1. The number of carbonyl (C=O) groups is 1. The lowest BCUT2D eigenvalue weighted by Gasteiger charge is -2.02. The van der Waals surface area contributed by atoms with Crippen LogP contribution in [0.4, 0.5) is 17.3 Å². The van der Waals surface area contributed by atoms with Gasteiger partial charge >= 0.3 is 0 Å². The van der Waals surface area contributed by atoms with Gasteiger partial charge < -0.3 is 11.5 Å². The van der Waals surface area contributed by atoms with Crippen molar-refractivity contribution in [1.29, 1.82) is 0 Å². The van der Waals surface area contributed by atoms with Crippen molar-refractivity contribution in [3.63, 3.8) is 0 Å². The Kier molecular flexibility index (Phi) is 2.51. The number of nitrogens with two attached hydrogens (primary N) is 2. The Bertz CT molecular complexity index is 511. The van der Waals surface area contributed by atoms with E-state index in [-0.39, 0.29) is 11.6 Å². The maximum absolute atomic E-state index is 10.9. The minimum atomic E-state index is -0.0534. The summed E-state index contributed by atoms with van der Waals surface area (Å²) < 4.78 is 0. The molecule has 0 amide bonds. The van der Waals surface area contributed by atoms with Crippen LogP contribution in [0, 0.1) is 0 Å². The summed E-state index contributed by atoms with van der Waals surface area (Å²) >= 11 is 0. The summed E-state index contributed by atoms with van der Waals surface area (Å²) in [6, 6.07) is 3.31. The number of pyridine rings is 1. The molecule has 0 atom stereocenters. The SMILES string of the molecule is Nc1ccc(N=C2C=CC(=O)C=C2)c(N)n1. The second-order valence-corrected chi connectivity index (χ2v) is 3.25. The molecule has 0 radical (unpaired) electrons. The topological polar surface area (TPSA) is 94.4 Å². The number of rotatable bonds is 1. The molecule has 0 saturated heterocycles. The highest BCUT2D eigenvalue weighted by Crippen LogP contribution is 2.21. The molecule has 4 N–H and O–H groups in total. The van der Waals surface area contributed by atoms with Crippen LogP contribution in [0.1, 0.15) is 0 Å². The van der Waals surface area contributed by atoms with E-state index in [0.29, 0.717) is 17.2 Å². The largest absolute Gasteiger partial charge is 0.384 e. The van der Waals surface area contributed by atoms with Gasteiger partial charge in [0.2, 0.25) is 0 Å². The summed E-state index contributed by atoms with van der Waals surface area (Å²) in [5, 5.41) is 0. The highest BCUT2D eigenvalue weighted by atomic mass is 16.1. The summed E-state index contributed by atoms with van der Waals surface area (Å²) in [4.78, 5) is 19.0. The first-order chi connectivity index (χ1) is 7.65. The maximum Gasteiger partial charge on any atom is 0.178 e. The van der Waals surface area contributed by atoms with Gasteiger partial charge in [0, 0.05) is 0 Å². The van der Waals surface area contributed by atoms with E-state index in [1.165, 1.54) is 12.2 Å². The molecular weight excluding hydrogens is 204 g/mol. The second-order valence-electron chi connectivity index (χ2n) is 3.25. The van der Waals surface area contributed by atoms with Crippen molar-refractivity contribution in [1.82, 2.24) is 4.98 Å². The first kappa shape index (κ1) is 10.1. The predicted octanol–water partition coefficient (Wildman–Crippen LogP) is 1.01. The standard InChI is InChI=1S/C11H10N4O/c12-10-6-5-9(11(13)15-10)14-7-1-3-8(16)4-2-7/h1-6H,(H4,12,13,15). The van der Waals surface area contributed by atoms with Gasteiger partial charge in [-0.2, -0.15) is 0 Å². The number of nitrogens with zero attached hydrogens (tertiary/aromatic N) is 2. The predicted molar refractivity (Wildman–Crippen MR) is 63.4 cm³/mol. The van der Waals surface area contributed by atoms with E-state index in [1.54, 1.807) is 24.3 Å². The lowest BCUT2D eigenvalue weighted by Crippen LogP contribution is -2.00. The van der Waals surface area contributed by atoms with E-state index in [2.05, 4.69) is 9.98 Å². The van der Waals surface area contributed by atoms with Crippen LogP contribution in [0.2, 0.25) is 0 Å². The van der Waals surface area contributed by atoms with Gasteiger partial charge in [-0.3, -0.25) is 4.79 Å². The van der Waals surface area contributed by atoms with Crippen LogP contribution >= 0.6 is 0 Å². The van der Waals surface area contributed by atoms with E-state index in [4.69, 9.17) is 11.5 Å². The van der Waals surface area contributed by atoms with Gasteiger partial charge in [0.25, 0.3) is 0 Å².